The van der Waals surface area contributed by atoms with E-state index in [-0.39, 0.29) is 5.75 Å². The summed E-state index contributed by atoms with van der Waals surface area (Å²) in [6, 6.07) is 7.18. The fraction of sp³-hybridized carbons (Fsp3) is 0.308. The van der Waals surface area contributed by atoms with Crippen LogP contribution in [0.5, 0.6) is 5.75 Å². The minimum Gasteiger partial charge on any atom is -0.508 e. The highest BCUT2D eigenvalue weighted by Crippen LogP contribution is 2.18. The molecule has 2 aromatic rings. The molecule has 0 saturated heterocycles. The van der Waals surface area contributed by atoms with E-state index in [2.05, 4.69) is 16.6 Å². The van der Waals surface area contributed by atoms with Crippen LogP contribution in [-0.2, 0) is 12.8 Å². The zero-order valence-corrected chi connectivity index (χ0v) is 9.56. The van der Waals surface area contributed by atoms with E-state index in [4.69, 9.17) is 0 Å². The molecule has 1 aromatic heterocycles. The molecule has 0 fully saturated rings. The summed E-state index contributed by atoms with van der Waals surface area (Å²) in [5.41, 5.74) is 3.38. The van der Waals surface area contributed by atoms with Crippen molar-refractivity contribution in [3.63, 3.8) is 0 Å². The van der Waals surface area contributed by atoms with Crippen LogP contribution in [0.2, 0.25) is 0 Å². The van der Waals surface area contributed by atoms with Crippen molar-refractivity contribution in [3.8, 4) is 11.4 Å². The number of aromatic nitrogens is 2. The molecule has 0 radical (unpaired) electrons. The maximum atomic E-state index is 9.47. The van der Waals surface area contributed by atoms with Crippen molar-refractivity contribution < 1.29 is 5.11 Å². The maximum absolute atomic E-state index is 9.47. The Morgan fingerprint density at radius 2 is 2.12 bits per heavy atom. The minimum absolute atomic E-state index is 0.273. The lowest BCUT2D eigenvalue weighted by Crippen LogP contribution is -2.16. The van der Waals surface area contributed by atoms with Gasteiger partial charge in [-0.2, -0.15) is 5.10 Å². The van der Waals surface area contributed by atoms with Gasteiger partial charge in [-0.15, -0.1) is 0 Å². The Morgan fingerprint density at radius 1 is 1.24 bits per heavy atom. The molecule has 0 atom stereocenters. The average Bonchev–Trinajstić information content (AvgIpc) is 2.61. The number of nitrogens with one attached hydrogen (secondary N) is 1. The van der Waals surface area contributed by atoms with E-state index in [1.807, 2.05) is 16.8 Å². The number of benzene rings is 1. The Bertz CT molecular complexity index is 510. The smallest absolute Gasteiger partial charge is 0.117 e. The fourth-order valence-electron chi connectivity index (χ4n) is 2.19. The first-order valence-electron chi connectivity index (χ1n) is 5.90. The molecule has 0 spiro atoms. The van der Waals surface area contributed by atoms with Crippen molar-refractivity contribution in [3.05, 3.63) is 41.7 Å². The number of nitrogens with zero attached hydrogens (tertiary/aromatic N) is 2. The van der Waals surface area contributed by atoms with Gasteiger partial charge in [-0.05, 0) is 30.7 Å². The van der Waals surface area contributed by atoms with Crippen LogP contribution in [0.1, 0.15) is 11.3 Å². The van der Waals surface area contributed by atoms with Crippen LogP contribution >= 0.6 is 0 Å². The van der Waals surface area contributed by atoms with Gasteiger partial charge >= 0.3 is 0 Å². The highest BCUT2D eigenvalue weighted by molar-refractivity contribution is 5.39. The monoisotopic (exact) mass is 229 g/mol. The largest absolute Gasteiger partial charge is 0.508 e. The first-order chi connectivity index (χ1) is 8.33. The molecule has 4 nitrogen and oxygen atoms in total. The predicted octanol–water partition coefficient (Wildman–Crippen LogP) is 1.27. The van der Waals surface area contributed by atoms with Crippen LogP contribution in [0.4, 0.5) is 0 Å². The molecule has 0 amide bonds. The Balaban J connectivity index is 1.99. The Hall–Kier alpha value is -1.81. The van der Waals surface area contributed by atoms with Gasteiger partial charge < -0.3 is 10.4 Å². The summed E-state index contributed by atoms with van der Waals surface area (Å²) in [6.45, 7) is 2.00. The molecule has 3 rings (SSSR count). The number of fused-ring (bicyclic) bond motifs is 1. The number of hydrogen-bond acceptors (Lipinski definition) is 3. The van der Waals surface area contributed by atoms with Crippen molar-refractivity contribution in [2.45, 2.75) is 12.8 Å². The van der Waals surface area contributed by atoms with Gasteiger partial charge in [0.15, 0.2) is 0 Å². The minimum atomic E-state index is 0.273. The molecule has 1 aliphatic heterocycles. The summed E-state index contributed by atoms with van der Waals surface area (Å²) < 4.78 is 1.86. The lowest BCUT2D eigenvalue weighted by molar-refractivity contribution is 0.475. The van der Waals surface area contributed by atoms with Crippen molar-refractivity contribution in [1.29, 1.82) is 0 Å². The third-order valence-electron chi connectivity index (χ3n) is 3.08. The Morgan fingerprint density at radius 3 is 3.00 bits per heavy atom. The zero-order chi connectivity index (χ0) is 11.7. The molecule has 1 aromatic carbocycles. The molecule has 2 N–H and O–H groups in total. The number of rotatable bonds is 1. The lowest BCUT2D eigenvalue weighted by atomic mass is 10.2. The van der Waals surface area contributed by atoms with Crippen molar-refractivity contribution in [1.82, 2.24) is 15.1 Å². The Kier molecular flexibility index (Phi) is 2.57. The van der Waals surface area contributed by atoms with Gasteiger partial charge in [0.25, 0.3) is 0 Å². The van der Waals surface area contributed by atoms with Crippen molar-refractivity contribution in [2.75, 3.05) is 13.1 Å². The highest BCUT2D eigenvalue weighted by Gasteiger charge is 2.12. The molecule has 17 heavy (non-hydrogen) atoms. The van der Waals surface area contributed by atoms with Crippen LogP contribution in [0.25, 0.3) is 5.69 Å². The quantitative estimate of drug-likeness (QED) is 0.774. The number of hydrogen-bond donors (Lipinski definition) is 2. The Labute approximate surface area is 99.9 Å². The van der Waals surface area contributed by atoms with Crippen molar-refractivity contribution >= 4 is 0 Å². The molecule has 0 aliphatic carbocycles. The topological polar surface area (TPSA) is 50.1 Å². The van der Waals surface area contributed by atoms with E-state index in [0.717, 1.165) is 31.6 Å². The van der Waals surface area contributed by atoms with Gasteiger partial charge in [0, 0.05) is 25.2 Å². The molecule has 0 bridgehead atoms. The van der Waals surface area contributed by atoms with Gasteiger partial charge in [0.2, 0.25) is 0 Å². The van der Waals surface area contributed by atoms with Gasteiger partial charge in [-0.3, -0.25) is 0 Å². The summed E-state index contributed by atoms with van der Waals surface area (Å²) in [5, 5.41) is 17.4. The molecular weight excluding hydrogens is 214 g/mol. The first kappa shape index (κ1) is 10.4. The third-order valence-corrected chi connectivity index (χ3v) is 3.08. The van der Waals surface area contributed by atoms with Crippen LogP contribution in [0.3, 0.4) is 0 Å². The first-order valence-corrected chi connectivity index (χ1v) is 5.90. The van der Waals surface area contributed by atoms with Crippen LogP contribution < -0.4 is 5.32 Å². The van der Waals surface area contributed by atoms with E-state index in [1.54, 1.807) is 12.1 Å². The predicted molar refractivity (Wildman–Crippen MR) is 65.5 cm³/mol. The van der Waals surface area contributed by atoms with Gasteiger partial charge in [-0.25, -0.2) is 4.68 Å². The number of aromatic hydroxyl groups is 1. The van der Waals surface area contributed by atoms with Gasteiger partial charge in [0.1, 0.15) is 5.75 Å². The third kappa shape index (κ3) is 2.03. The second-order valence-electron chi connectivity index (χ2n) is 4.32. The van der Waals surface area contributed by atoms with E-state index in [0.29, 0.717) is 0 Å². The van der Waals surface area contributed by atoms with Crippen LogP contribution in [0.15, 0.2) is 30.5 Å². The standard InChI is InChI=1S/C13H15N3O/c17-12-3-1-2-11(8-12)16-9-10-4-6-14-7-5-13(10)15-16/h1-3,8-9,14,17H,4-7H2. The molecule has 88 valence electrons. The summed E-state index contributed by atoms with van der Waals surface area (Å²) in [6.07, 6.45) is 4.06. The second kappa shape index (κ2) is 4.22. The maximum Gasteiger partial charge on any atom is 0.117 e. The van der Waals surface area contributed by atoms with Crippen LogP contribution in [-0.4, -0.2) is 28.0 Å². The molecule has 4 heteroatoms. The van der Waals surface area contributed by atoms with Crippen molar-refractivity contribution in [2.24, 2.45) is 0 Å². The van der Waals surface area contributed by atoms with Gasteiger partial charge in [0.05, 0.1) is 11.4 Å². The van der Waals surface area contributed by atoms with Crippen LogP contribution in [0, 0.1) is 0 Å². The molecule has 0 unspecified atom stereocenters. The molecule has 0 saturated carbocycles. The normalized spacial score (nSPS) is 15.3. The number of phenols is 1. The van der Waals surface area contributed by atoms with E-state index < -0.39 is 0 Å². The highest BCUT2D eigenvalue weighted by atomic mass is 16.3. The lowest BCUT2D eigenvalue weighted by Gasteiger charge is -2.02. The summed E-state index contributed by atoms with van der Waals surface area (Å²) in [5.74, 6) is 0.273. The van der Waals surface area contributed by atoms with E-state index in [1.165, 1.54) is 11.3 Å². The van der Waals surface area contributed by atoms with E-state index in [9.17, 15) is 5.11 Å². The molecule has 2 heterocycles. The zero-order valence-electron chi connectivity index (χ0n) is 9.56. The molecule has 1 aliphatic rings. The SMILES string of the molecule is Oc1cccc(-n2cc3c(n2)CCNCC3)c1. The van der Waals surface area contributed by atoms with E-state index >= 15 is 0 Å². The summed E-state index contributed by atoms with van der Waals surface area (Å²) >= 11 is 0. The fourth-order valence-corrected chi connectivity index (χ4v) is 2.19. The second-order valence-corrected chi connectivity index (χ2v) is 4.32. The summed E-state index contributed by atoms with van der Waals surface area (Å²) in [4.78, 5) is 0. The van der Waals surface area contributed by atoms with Gasteiger partial charge in [-0.1, -0.05) is 6.07 Å². The summed E-state index contributed by atoms with van der Waals surface area (Å²) in [7, 11) is 0. The number of phenolic OH excluding ortho intramolecular Hbond substituents is 1. The molecular formula is C13H15N3O. The average molecular weight is 229 g/mol.